The van der Waals surface area contributed by atoms with E-state index < -0.39 is 30.3 Å². The third kappa shape index (κ3) is 38.5. The topological polar surface area (TPSA) is 292 Å². The average Bonchev–Trinajstić information content (AvgIpc) is 0.836. The van der Waals surface area contributed by atoms with Crippen molar-refractivity contribution in [3.63, 3.8) is 0 Å². The second-order valence-corrected chi connectivity index (χ2v) is 24.0. The zero-order valence-corrected chi connectivity index (χ0v) is 57.9. The van der Waals surface area contributed by atoms with E-state index in [9.17, 15) is 17.6 Å². The molecule has 0 aliphatic carbocycles. The third-order valence-corrected chi connectivity index (χ3v) is 15.9. The molecular formula is C71H96F4N24O. The number of hydrogen-bond donors (Lipinski definition) is 0. The van der Waals surface area contributed by atoms with Crippen LogP contribution in [0.1, 0.15) is 39.0 Å². The van der Waals surface area contributed by atoms with Gasteiger partial charge in [-0.15, -0.1) is 51.0 Å². The normalized spacial score (nSPS) is 21.4. The maximum atomic E-state index is 13.1. The molecule has 4 unspecified atom stereocenters. The van der Waals surface area contributed by atoms with E-state index in [-0.39, 0.29) is 38.8 Å². The number of rotatable bonds is 19. The molecule has 0 spiro atoms. The van der Waals surface area contributed by atoms with Gasteiger partial charge < -0.3 is 4.74 Å². The van der Waals surface area contributed by atoms with Gasteiger partial charge in [0.1, 0.15) is 6.17 Å². The van der Waals surface area contributed by atoms with Crippen molar-refractivity contribution in [1.82, 2.24) is 68.6 Å². The summed E-state index contributed by atoms with van der Waals surface area (Å²) in [7, 11) is 0. The molecule has 4 atom stereocenters. The molecule has 7 fully saturated rings. The van der Waals surface area contributed by atoms with Crippen LogP contribution in [0.25, 0.3) is 0 Å². The van der Waals surface area contributed by atoms with Crippen LogP contribution in [0.5, 0.6) is 0 Å². The van der Waals surface area contributed by atoms with E-state index in [1.54, 1.807) is 14.7 Å². The summed E-state index contributed by atoms with van der Waals surface area (Å²) < 4.78 is 56.3. The van der Waals surface area contributed by atoms with E-state index in [0.29, 0.717) is 111 Å². The Morgan fingerprint density at radius 1 is 0.420 bits per heavy atom. The van der Waals surface area contributed by atoms with Gasteiger partial charge in [0.25, 0.3) is 0 Å². The fourth-order valence-electron chi connectivity index (χ4n) is 11.6. The molecule has 0 radical (unpaired) electrons. The summed E-state index contributed by atoms with van der Waals surface area (Å²) in [6, 6.07) is 19.1. The number of nitriles is 10. The van der Waals surface area contributed by atoms with Gasteiger partial charge in [-0.3, -0.25) is 68.6 Å². The first-order chi connectivity index (χ1) is 48.3. The van der Waals surface area contributed by atoms with Crippen molar-refractivity contribution in [2.24, 2.45) is 11.8 Å². The highest BCUT2D eigenvalue weighted by Crippen LogP contribution is 2.30. The van der Waals surface area contributed by atoms with Gasteiger partial charge in [-0.25, -0.2) is 4.39 Å². The zero-order chi connectivity index (χ0) is 74.4. The van der Waals surface area contributed by atoms with Crippen molar-refractivity contribution >= 4 is 0 Å². The Labute approximate surface area is 593 Å². The van der Waals surface area contributed by atoms with Gasteiger partial charge in [0.05, 0.1) is 185 Å². The number of hydrogen-bond acceptors (Lipinski definition) is 25. The van der Waals surface area contributed by atoms with Crippen LogP contribution in [0.2, 0.25) is 0 Å². The molecule has 7 heterocycles. The van der Waals surface area contributed by atoms with Gasteiger partial charge in [-0.2, -0.15) is 65.8 Å². The van der Waals surface area contributed by atoms with E-state index in [0.717, 1.165) is 111 Å². The summed E-state index contributed by atoms with van der Waals surface area (Å²) in [5.74, 6) is 14.1. The molecular weight excluding hydrogens is 1280 g/mol. The molecule has 0 saturated carbocycles. The van der Waals surface area contributed by atoms with Crippen molar-refractivity contribution in [2.75, 3.05) is 223 Å². The minimum absolute atomic E-state index is 0.00630. The van der Waals surface area contributed by atoms with Crippen molar-refractivity contribution < 1.29 is 22.3 Å². The predicted molar refractivity (Wildman–Crippen MR) is 370 cm³/mol. The highest BCUT2D eigenvalue weighted by atomic mass is 19.4. The molecule has 0 N–H and O–H groups in total. The molecule has 7 rings (SSSR count). The molecule has 7 aliphatic heterocycles. The SMILES string of the molecule is C#CC(C#N)N1CCCN(C(C#N)C#N)C1.C#CCCN1CCCN(CCC#N)C1.C#CCN1CC(C(F)(F)F)CN(CC#N)C1.C#CCN1CC(C=C)CN(CC#N)C1.C#CCN1CC(F)CN(CC#N)C1.C#CCN1CCCN(CC#N)C1.CCOC1CN(CC#N)CN(CC#N)C1. The van der Waals surface area contributed by atoms with Crippen LogP contribution < -0.4 is 0 Å². The Balaban J connectivity index is 0.000000584. The van der Waals surface area contributed by atoms with Crippen LogP contribution in [-0.2, 0) is 4.74 Å². The van der Waals surface area contributed by atoms with Crippen LogP contribution in [0.4, 0.5) is 17.6 Å². The van der Waals surface area contributed by atoms with Crippen LogP contribution >= 0.6 is 0 Å². The first-order valence-electron chi connectivity index (χ1n) is 32.8. The number of nitrogens with zero attached hydrogens (tertiary/aromatic N) is 24. The molecule has 534 valence electrons. The molecule has 0 aromatic rings. The van der Waals surface area contributed by atoms with Gasteiger partial charge >= 0.3 is 6.18 Å². The van der Waals surface area contributed by atoms with E-state index in [1.165, 1.54) is 16.2 Å². The average molecular weight is 1380 g/mol. The number of alkyl halides is 4. The summed E-state index contributed by atoms with van der Waals surface area (Å²) in [6.45, 7) is 26.6. The maximum absolute atomic E-state index is 13.1. The molecule has 0 amide bonds. The van der Waals surface area contributed by atoms with E-state index in [2.05, 4.69) is 102 Å². The summed E-state index contributed by atoms with van der Waals surface area (Å²) in [5.41, 5.74) is 0. The van der Waals surface area contributed by atoms with E-state index in [1.807, 2.05) is 58.0 Å². The second kappa shape index (κ2) is 55.0. The minimum atomic E-state index is -4.24. The van der Waals surface area contributed by atoms with Crippen molar-refractivity contribution in [1.29, 1.82) is 52.6 Å². The highest BCUT2D eigenvalue weighted by molar-refractivity contribution is 5.14. The lowest BCUT2D eigenvalue weighted by Gasteiger charge is -2.38. The molecule has 0 aromatic carbocycles. The molecule has 0 aromatic heterocycles. The zero-order valence-electron chi connectivity index (χ0n) is 57.9. The minimum Gasteiger partial charge on any atom is -0.376 e. The monoisotopic (exact) mass is 1380 g/mol. The van der Waals surface area contributed by atoms with Gasteiger partial charge in [-0.1, -0.05) is 35.7 Å². The summed E-state index contributed by atoms with van der Waals surface area (Å²) >= 11 is 0. The molecule has 7 saturated heterocycles. The molecule has 29 heteroatoms. The van der Waals surface area contributed by atoms with Crippen molar-refractivity contribution in [3.05, 3.63) is 12.7 Å². The number of terminal acetylenes is 6. The number of ether oxygens (including phenoxy) is 1. The fourth-order valence-corrected chi connectivity index (χ4v) is 11.6. The Morgan fingerprint density at radius 3 is 1.16 bits per heavy atom. The van der Waals surface area contributed by atoms with Crippen molar-refractivity contribution in [3.8, 4) is 135 Å². The van der Waals surface area contributed by atoms with Gasteiger partial charge in [-0.05, 0) is 26.2 Å². The van der Waals surface area contributed by atoms with Crippen molar-refractivity contribution in [2.45, 2.75) is 69.6 Å². The highest BCUT2D eigenvalue weighted by Gasteiger charge is 2.44. The van der Waals surface area contributed by atoms with Gasteiger partial charge in [0.2, 0.25) is 0 Å². The van der Waals surface area contributed by atoms with Crippen LogP contribution in [0.15, 0.2) is 12.7 Å². The first-order valence-corrected chi connectivity index (χ1v) is 32.8. The van der Waals surface area contributed by atoms with Gasteiger partial charge in [0.15, 0.2) is 12.1 Å². The lowest BCUT2D eigenvalue weighted by Crippen LogP contribution is -2.53. The number of halogens is 4. The maximum Gasteiger partial charge on any atom is 0.394 e. The first kappa shape index (κ1) is 89.1. The van der Waals surface area contributed by atoms with E-state index in [4.69, 9.17) is 95.9 Å². The Hall–Kier alpha value is -8.88. The summed E-state index contributed by atoms with van der Waals surface area (Å²) in [4.78, 5) is 27.3. The smallest absolute Gasteiger partial charge is 0.376 e. The van der Waals surface area contributed by atoms with Crippen LogP contribution in [0, 0.1) is 199 Å². The third-order valence-electron chi connectivity index (χ3n) is 15.9. The summed E-state index contributed by atoms with van der Waals surface area (Å²) in [6.07, 6.45) is 32.6. The standard InChI is InChI=1S/C11H11N5.C11H15N3.C11H17N3.C10H12F3N3.C10H16N4O.C9H12FN3.C9H13N3/c1-2-10(6-12)15-4-3-5-16(9-15)11(7-13)8-14;1-3-6-13-8-11(4-2)9-14(10-13)7-5-12;1-2-3-7-13-9-5-10-14(11-13)8-4-6-12;1-2-4-15-6-9(10(11,12)13)7-16(8-15)5-3-14;1-2-15-10-7-13(5-3-11)9-14(8-10)6-4-12;1-2-4-12-6-9(10)7-13(8-12)5-3-11;1-2-5-11-6-3-7-12(9-11)8-4-10/h1,10-11H,3-5,9H2;1,4,11H,2,6-10H2;1H,3-5,7-11H2;1,9H,4-8H2;10H,2,5-9H2,1H3;1,9H,4-8H2;1H,3,5-9H2. The lowest BCUT2D eigenvalue weighted by atomic mass is 10.1. The Morgan fingerprint density at radius 2 is 0.760 bits per heavy atom. The Bertz CT molecular complexity index is 2890. The quantitative estimate of drug-likeness (QED) is 0.0776. The molecule has 25 nitrogen and oxygen atoms in total. The predicted octanol–water partition coefficient (Wildman–Crippen LogP) is 2.38. The van der Waals surface area contributed by atoms with Gasteiger partial charge in [0, 0.05) is 130 Å². The largest absolute Gasteiger partial charge is 0.394 e. The second-order valence-electron chi connectivity index (χ2n) is 24.0. The Kier molecular flexibility index (Phi) is 49.0. The molecule has 100 heavy (non-hydrogen) atoms. The van der Waals surface area contributed by atoms with Crippen LogP contribution in [0.3, 0.4) is 0 Å². The molecule has 7 aliphatic rings. The summed E-state index contributed by atoms with van der Waals surface area (Å²) in [5, 5.41) is 86.2. The van der Waals surface area contributed by atoms with Crippen LogP contribution in [-0.4, -0.2) is 323 Å². The fraction of sp³-hybridized carbons (Fsp3) is 0.662. The van der Waals surface area contributed by atoms with E-state index >= 15 is 0 Å². The molecule has 0 bridgehead atoms. The lowest BCUT2D eigenvalue weighted by molar-refractivity contribution is -0.194.